The van der Waals surface area contributed by atoms with Gasteiger partial charge in [0.15, 0.2) is 0 Å². The van der Waals surface area contributed by atoms with Gasteiger partial charge in [0.05, 0.1) is 10.6 Å². The highest BCUT2D eigenvalue weighted by atomic mass is 35.5. The molecule has 1 heterocycles. The maximum atomic E-state index is 12.4. The van der Waals surface area contributed by atoms with Gasteiger partial charge in [-0.2, -0.15) is 0 Å². The average molecular weight is 302 g/mol. The fraction of sp³-hybridized carbons (Fsp3) is 0.500. The molecular formula is C14H17Cl2NO2. The molecule has 1 saturated heterocycles. The van der Waals surface area contributed by atoms with Crippen molar-refractivity contribution >= 4 is 29.1 Å². The van der Waals surface area contributed by atoms with Gasteiger partial charge in [-0.05, 0) is 37.0 Å². The Balaban J connectivity index is 2.01. The van der Waals surface area contributed by atoms with Crippen molar-refractivity contribution in [2.75, 3.05) is 26.8 Å². The Morgan fingerprint density at radius 2 is 2.05 bits per heavy atom. The Labute approximate surface area is 123 Å². The lowest BCUT2D eigenvalue weighted by Crippen LogP contribution is -2.39. The molecule has 104 valence electrons. The van der Waals surface area contributed by atoms with Crippen molar-refractivity contribution in [3.63, 3.8) is 0 Å². The number of benzene rings is 1. The second-order valence-electron chi connectivity index (χ2n) is 4.82. The number of carbonyl (C=O) groups is 1. The first-order valence-electron chi connectivity index (χ1n) is 6.35. The van der Waals surface area contributed by atoms with Crippen LogP contribution in [-0.2, 0) is 4.74 Å². The summed E-state index contributed by atoms with van der Waals surface area (Å²) in [6.45, 7) is 2.28. The molecule has 0 radical (unpaired) electrons. The molecule has 3 nitrogen and oxygen atoms in total. The molecule has 0 aromatic heterocycles. The summed E-state index contributed by atoms with van der Waals surface area (Å²) in [5.74, 6) is 0.535. The number of halogens is 2. The van der Waals surface area contributed by atoms with Gasteiger partial charge in [0.25, 0.3) is 5.91 Å². The maximum absolute atomic E-state index is 12.4. The van der Waals surface area contributed by atoms with E-state index in [9.17, 15) is 4.79 Å². The van der Waals surface area contributed by atoms with E-state index in [2.05, 4.69) is 0 Å². The van der Waals surface area contributed by atoms with E-state index >= 15 is 0 Å². The normalized spacial score (nSPS) is 16.7. The largest absolute Gasteiger partial charge is 0.384 e. The fourth-order valence-corrected chi connectivity index (χ4v) is 2.86. The van der Waals surface area contributed by atoms with Gasteiger partial charge in [0.1, 0.15) is 0 Å². The third kappa shape index (κ3) is 3.62. The minimum atomic E-state index is -0.0162. The van der Waals surface area contributed by atoms with Crippen LogP contribution < -0.4 is 0 Å². The van der Waals surface area contributed by atoms with Crippen molar-refractivity contribution in [3.8, 4) is 0 Å². The van der Waals surface area contributed by atoms with Crippen LogP contribution in [0.1, 0.15) is 23.2 Å². The van der Waals surface area contributed by atoms with Crippen molar-refractivity contribution in [1.82, 2.24) is 4.90 Å². The number of hydrogen-bond acceptors (Lipinski definition) is 2. The predicted octanol–water partition coefficient (Wildman–Crippen LogP) is 3.49. The van der Waals surface area contributed by atoms with E-state index < -0.39 is 0 Å². The quantitative estimate of drug-likeness (QED) is 0.855. The zero-order valence-electron chi connectivity index (χ0n) is 10.9. The summed E-state index contributed by atoms with van der Waals surface area (Å²) < 4.78 is 5.15. The minimum Gasteiger partial charge on any atom is -0.384 e. The number of nitrogens with zero attached hydrogens (tertiary/aromatic N) is 1. The number of methoxy groups -OCH3 is 1. The lowest BCUT2D eigenvalue weighted by molar-refractivity contribution is 0.0614. The van der Waals surface area contributed by atoms with Crippen molar-refractivity contribution in [2.45, 2.75) is 12.8 Å². The van der Waals surface area contributed by atoms with Crippen molar-refractivity contribution in [3.05, 3.63) is 33.8 Å². The summed E-state index contributed by atoms with van der Waals surface area (Å²) >= 11 is 11.9. The van der Waals surface area contributed by atoms with Crippen molar-refractivity contribution in [2.24, 2.45) is 5.92 Å². The van der Waals surface area contributed by atoms with E-state index in [1.165, 1.54) is 0 Å². The van der Waals surface area contributed by atoms with Crippen LogP contribution in [0, 0.1) is 5.92 Å². The van der Waals surface area contributed by atoms with Crippen LogP contribution in [0.5, 0.6) is 0 Å². The lowest BCUT2D eigenvalue weighted by atomic mass is 9.97. The second-order valence-corrected chi connectivity index (χ2v) is 5.66. The maximum Gasteiger partial charge on any atom is 0.255 e. The smallest absolute Gasteiger partial charge is 0.255 e. The zero-order chi connectivity index (χ0) is 13.8. The van der Waals surface area contributed by atoms with Crippen LogP contribution in [0.2, 0.25) is 10.0 Å². The summed E-state index contributed by atoms with van der Waals surface area (Å²) in [5, 5.41) is 0.955. The highest BCUT2D eigenvalue weighted by Gasteiger charge is 2.24. The van der Waals surface area contributed by atoms with Crippen LogP contribution in [0.15, 0.2) is 18.2 Å². The fourth-order valence-electron chi connectivity index (χ4n) is 2.37. The molecule has 5 heteroatoms. The molecule has 1 aromatic carbocycles. The standard InChI is InChI=1S/C14H17Cl2NO2/c1-19-9-10-4-6-17(7-5-10)14(18)12-3-2-11(15)8-13(12)16/h2-3,8,10H,4-7,9H2,1H3. The monoisotopic (exact) mass is 301 g/mol. The lowest BCUT2D eigenvalue weighted by Gasteiger charge is -2.31. The molecule has 0 bridgehead atoms. The second kappa shape index (κ2) is 6.60. The average Bonchev–Trinajstić information content (AvgIpc) is 2.39. The topological polar surface area (TPSA) is 29.5 Å². The molecule has 1 fully saturated rings. The highest BCUT2D eigenvalue weighted by molar-refractivity contribution is 6.36. The molecule has 0 spiro atoms. The summed E-state index contributed by atoms with van der Waals surface area (Å²) in [6, 6.07) is 4.99. The molecule has 1 amide bonds. The molecule has 1 aliphatic heterocycles. The Kier molecular flexibility index (Phi) is 5.08. The molecule has 0 aliphatic carbocycles. The van der Waals surface area contributed by atoms with E-state index in [0.29, 0.717) is 21.5 Å². The third-order valence-corrected chi connectivity index (χ3v) is 4.01. The number of hydrogen-bond donors (Lipinski definition) is 0. The van der Waals surface area contributed by atoms with Gasteiger partial charge in [-0.15, -0.1) is 0 Å². The van der Waals surface area contributed by atoms with E-state index in [-0.39, 0.29) is 5.91 Å². The summed E-state index contributed by atoms with van der Waals surface area (Å²) in [5.41, 5.74) is 0.524. The number of likely N-dealkylation sites (tertiary alicyclic amines) is 1. The van der Waals surface area contributed by atoms with Gasteiger partial charge in [0, 0.05) is 31.8 Å². The van der Waals surface area contributed by atoms with Crippen LogP contribution >= 0.6 is 23.2 Å². The molecule has 1 aromatic rings. The molecule has 0 atom stereocenters. The van der Waals surface area contributed by atoms with Gasteiger partial charge in [0.2, 0.25) is 0 Å². The van der Waals surface area contributed by atoms with Gasteiger partial charge in [-0.25, -0.2) is 0 Å². The van der Waals surface area contributed by atoms with E-state index in [0.717, 1.165) is 32.5 Å². The first-order valence-corrected chi connectivity index (χ1v) is 7.10. The molecule has 19 heavy (non-hydrogen) atoms. The molecule has 2 rings (SSSR count). The van der Waals surface area contributed by atoms with Crippen molar-refractivity contribution < 1.29 is 9.53 Å². The molecule has 0 unspecified atom stereocenters. The Bertz CT molecular complexity index is 457. The van der Waals surface area contributed by atoms with Gasteiger partial charge < -0.3 is 9.64 Å². The first-order chi connectivity index (χ1) is 9.11. The van der Waals surface area contributed by atoms with Gasteiger partial charge in [-0.1, -0.05) is 23.2 Å². The minimum absolute atomic E-state index is 0.0162. The summed E-state index contributed by atoms with van der Waals surface area (Å²) in [7, 11) is 1.71. The Morgan fingerprint density at radius 1 is 1.37 bits per heavy atom. The number of ether oxygens (including phenoxy) is 1. The molecule has 0 saturated carbocycles. The summed E-state index contributed by atoms with van der Waals surface area (Å²) in [4.78, 5) is 14.2. The summed E-state index contributed by atoms with van der Waals surface area (Å²) in [6.07, 6.45) is 1.95. The Morgan fingerprint density at radius 3 is 2.63 bits per heavy atom. The molecular weight excluding hydrogens is 285 g/mol. The first kappa shape index (κ1) is 14.6. The van der Waals surface area contributed by atoms with Crippen LogP contribution in [0.3, 0.4) is 0 Å². The van der Waals surface area contributed by atoms with Gasteiger partial charge >= 0.3 is 0 Å². The molecule has 1 aliphatic rings. The number of carbonyl (C=O) groups excluding carboxylic acids is 1. The number of amides is 1. The van der Waals surface area contributed by atoms with Crippen LogP contribution in [-0.4, -0.2) is 37.6 Å². The van der Waals surface area contributed by atoms with Gasteiger partial charge in [-0.3, -0.25) is 4.79 Å². The van der Waals surface area contributed by atoms with E-state index in [4.69, 9.17) is 27.9 Å². The van der Waals surface area contributed by atoms with E-state index in [1.54, 1.807) is 25.3 Å². The molecule has 0 N–H and O–H groups in total. The number of piperidine rings is 1. The van der Waals surface area contributed by atoms with Crippen LogP contribution in [0.25, 0.3) is 0 Å². The zero-order valence-corrected chi connectivity index (χ0v) is 12.4. The van der Waals surface area contributed by atoms with Crippen LogP contribution in [0.4, 0.5) is 0 Å². The van der Waals surface area contributed by atoms with E-state index in [1.807, 2.05) is 4.90 Å². The predicted molar refractivity (Wildman–Crippen MR) is 77.0 cm³/mol. The van der Waals surface area contributed by atoms with Crippen molar-refractivity contribution in [1.29, 1.82) is 0 Å². The third-order valence-electron chi connectivity index (χ3n) is 3.47. The SMILES string of the molecule is COCC1CCN(C(=O)c2ccc(Cl)cc2Cl)CC1. The number of rotatable bonds is 3. The Hall–Kier alpha value is -0.770. The highest BCUT2D eigenvalue weighted by Crippen LogP contribution is 2.25.